The van der Waals surface area contributed by atoms with Gasteiger partial charge in [-0.05, 0) is 24.3 Å². The molecule has 88 valence electrons. The first kappa shape index (κ1) is 12.6. The van der Waals surface area contributed by atoms with Crippen LogP contribution in [0.1, 0.15) is 17.3 Å². The minimum absolute atomic E-state index is 0.224. The number of rotatable bonds is 4. The van der Waals surface area contributed by atoms with Crippen LogP contribution in [-0.2, 0) is 10.1 Å². The SMILES string of the molecule is CC(F)(F)S(=O)(=O)Oc1ccc(C=O)cc1. The topological polar surface area (TPSA) is 60.4 Å². The van der Waals surface area contributed by atoms with Gasteiger partial charge in [-0.15, -0.1) is 0 Å². The van der Waals surface area contributed by atoms with Crippen LogP contribution in [0.3, 0.4) is 0 Å². The highest BCUT2D eigenvalue weighted by atomic mass is 32.2. The smallest absolute Gasteiger partial charge is 0.377 e. The third-order valence-electron chi connectivity index (χ3n) is 1.66. The zero-order valence-corrected chi connectivity index (χ0v) is 9.00. The molecule has 0 bridgehead atoms. The molecule has 1 rings (SSSR count). The van der Waals surface area contributed by atoms with Crippen molar-refractivity contribution in [2.75, 3.05) is 0 Å². The minimum Gasteiger partial charge on any atom is -0.378 e. The van der Waals surface area contributed by atoms with Gasteiger partial charge in [0.1, 0.15) is 12.0 Å². The quantitative estimate of drug-likeness (QED) is 0.604. The summed E-state index contributed by atoms with van der Waals surface area (Å²) in [5.74, 6) is -0.271. The van der Waals surface area contributed by atoms with Gasteiger partial charge in [0, 0.05) is 12.5 Å². The van der Waals surface area contributed by atoms with Crippen molar-refractivity contribution < 1.29 is 26.2 Å². The lowest BCUT2D eigenvalue weighted by molar-refractivity contribution is 0.103. The number of hydrogen-bond acceptors (Lipinski definition) is 4. The summed E-state index contributed by atoms with van der Waals surface area (Å²) in [5, 5.41) is -3.98. The molecule has 0 aromatic heterocycles. The Hall–Kier alpha value is -1.50. The molecule has 0 saturated heterocycles. The van der Waals surface area contributed by atoms with Gasteiger partial charge < -0.3 is 4.18 Å². The molecule has 0 N–H and O–H groups in total. The number of benzene rings is 1. The third-order valence-corrected chi connectivity index (χ3v) is 2.95. The normalized spacial score (nSPS) is 12.2. The Morgan fingerprint density at radius 1 is 1.25 bits per heavy atom. The largest absolute Gasteiger partial charge is 0.378 e. The van der Waals surface area contributed by atoms with Crippen LogP contribution < -0.4 is 4.18 Å². The Labute approximate surface area is 91.0 Å². The molecule has 0 aliphatic heterocycles. The first-order chi connectivity index (χ1) is 7.26. The minimum atomic E-state index is -4.99. The molecule has 4 nitrogen and oxygen atoms in total. The highest BCUT2D eigenvalue weighted by molar-refractivity contribution is 7.88. The van der Waals surface area contributed by atoms with Gasteiger partial charge in [0.2, 0.25) is 0 Å². The molecule has 0 aliphatic rings. The second-order valence-electron chi connectivity index (χ2n) is 3.03. The van der Waals surface area contributed by atoms with Crippen molar-refractivity contribution in [2.24, 2.45) is 0 Å². The standard InChI is InChI=1S/C9H8F2O4S/c1-9(10,11)16(13,14)15-8-4-2-7(6-12)3-5-8/h2-6H,1H3. The molecule has 7 heteroatoms. The average Bonchev–Trinajstić information content (AvgIpc) is 2.16. The fourth-order valence-corrected chi connectivity index (χ4v) is 1.31. The Morgan fingerprint density at radius 3 is 2.12 bits per heavy atom. The van der Waals surface area contributed by atoms with Crippen molar-refractivity contribution in [1.29, 1.82) is 0 Å². The lowest BCUT2D eigenvalue weighted by Crippen LogP contribution is -2.29. The van der Waals surface area contributed by atoms with Crippen molar-refractivity contribution in [3.8, 4) is 5.75 Å². The predicted octanol–water partition coefficient (Wildman–Crippen LogP) is 1.82. The van der Waals surface area contributed by atoms with Gasteiger partial charge in [-0.2, -0.15) is 17.2 Å². The molecule has 1 aromatic rings. The van der Waals surface area contributed by atoms with Gasteiger partial charge >= 0.3 is 15.4 Å². The van der Waals surface area contributed by atoms with Crippen LogP contribution >= 0.6 is 0 Å². The monoisotopic (exact) mass is 250 g/mol. The Morgan fingerprint density at radius 2 is 1.75 bits per heavy atom. The van der Waals surface area contributed by atoms with Crippen LogP contribution in [0.25, 0.3) is 0 Å². The third kappa shape index (κ3) is 2.75. The van der Waals surface area contributed by atoms with Crippen molar-refractivity contribution in [2.45, 2.75) is 12.2 Å². The highest BCUT2D eigenvalue weighted by Crippen LogP contribution is 2.24. The highest BCUT2D eigenvalue weighted by Gasteiger charge is 2.41. The molecule has 1 aromatic carbocycles. The Bertz CT molecular complexity index is 473. The average molecular weight is 250 g/mol. The summed E-state index contributed by atoms with van der Waals surface area (Å²) in [5.41, 5.74) is 0.285. The maximum absolute atomic E-state index is 12.6. The van der Waals surface area contributed by atoms with Gasteiger partial charge in [-0.3, -0.25) is 4.79 Å². The van der Waals surface area contributed by atoms with Gasteiger partial charge in [-0.25, -0.2) is 0 Å². The lowest BCUT2D eigenvalue weighted by atomic mass is 10.2. The van der Waals surface area contributed by atoms with Gasteiger partial charge in [-0.1, -0.05) is 0 Å². The molecule has 0 aliphatic carbocycles. The molecule has 0 saturated carbocycles. The fourth-order valence-electron chi connectivity index (χ4n) is 0.802. The molecule has 0 amide bonds. The molecular weight excluding hydrogens is 242 g/mol. The summed E-state index contributed by atoms with van der Waals surface area (Å²) >= 11 is 0. The van der Waals surface area contributed by atoms with Crippen LogP contribution in [0.15, 0.2) is 24.3 Å². The van der Waals surface area contributed by atoms with E-state index in [9.17, 15) is 22.0 Å². The molecule has 0 radical (unpaired) electrons. The summed E-state index contributed by atoms with van der Waals surface area (Å²) < 4.78 is 51.2. The number of halogens is 2. The summed E-state index contributed by atoms with van der Waals surface area (Å²) in [6.45, 7) is 0.224. The van der Waals surface area contributed by atoms with Crippen molar-refractivity contribution in [3.05, 3.63) is 29.8 Å². The number of carbonyl (C=O) groups is 1. The van der Waals surface area contributed by atoms with E-state index in [1.54, 1.807) is 0 Å². The van der Waals surface area contributed by atoms with Gasteiger partial charge in [0.25, 0.3) is 0 Å². The maximum atomic E-state index is 12.6. The number of carbonyl (C=O) groups excluding carboxylic acids is 1. The van der Waals surface area contributed by atoms with Crippen LogP contribution in [0.4, 0.5) is 8.78 Å². The van der Waals surface area contributed by atoms with Gasteiger partial charge in [0.05, 0.1) is 0 Å². The van der Waals surface area contributed by atoms with Crippen LogP contribution in [-0.4, -0.2) is 20.0 Å². The van der Waals surface area contributed by atoms with E-state index >= 15 is 0 Å². The van der Waals surface area contributed by atoms with E-state index in [1.165, 1.54) is 12.1 Å². The zero-order chi connectivity index (χ0) is 12.4. The van der Waals surface area contributed by atoms with E-state index < -0.39 is 15.4 Å². The molecular formula is C9H8F2O4S. The maximum Gasteiger partial charge on any atom is 0.377 e. The van der Waals surface area contributed by atoms with Crippen LogP contribution in [0.5, 0.6) is 5.75 Å². The summed E-state index contributed by atoms with van der Waals surface area (Å²) in [4.78, 5) is 10.3. The fraction of sp³-hybridized carbons (Fsp3) is 0.222. The van der Waals surface area contributed by atoms with E-state index in [-0.39, 0.29) is 18.2 Å². The number of aldehydes is 1. The zero-order valence-electron chi connectivity index (χ0n) is 8.18. The first-order valence-electron chi connectivity index (χ1n) is 4.13. The van der Waals surface area contributed by atoms with Crippen molar-refractivity contribution >= 4 is 16.4 Å². The van der Waals surface area contributed by atoms with E-state index in [0.717, 1.165) is 12.1 Å². The summed E-state index contributed by atoms with van der Waals surface area (Å²) in [6.07, 6.45) is 0.534. The number of hydrogen-bond donors (Lipinski definition) is 0. The van der Waals surface area contributed by atoms with Crippen molar-refractivity contribution in [1.82, 2.24) is 0 Å². The Balaban J connectivity index is 2.93. The van der Waals surface area contributed by atoms with E-state index in [0.29, 0.717) is 6.29 Å². The predicted molar refractivity (Wildman–Crippen MR) is 52.0 cm³/mol. The van der Waals surface area contributed by atoms with Crippen LogP contribution in [0, 0.1) is 0 Å². The van der Waals surface area contributed by atoms with E-state index in [1.807, 2.05) is 0 Å². The molecule has 16 heavy (non-hydrogen) atoms. The van der Waals surface area contributed by atoms with E-state index in [4.69, 9.17) is 0 Å². The van der Waals surface area contributed by atoms with Crippen molar-refractivity contribution in [3.63, 3.8) is 0 Å². The molecule has 0 spiro atoms. The molecule has 0 heterocycles. The van der Waals surface area contributed by atoms with Crippen LogP contribution in [0.2, 0.25) is 0 Å². The summed E-state index contributed by atoms with van der Waals surface area (Å²) in [7, 11) is -4.99. The second kappa shape index (κ2) is 4.17. The first-order valence-corrected chi connectivity index (χ1v) is 5.54. The lowest BCUT2D eigenvalue weighted by Gasteiger charge is -2.12. The summed E-state index contributed by atoms with van der Waals surface area (Å²) in [6, 6.07) is 4.75. The molecule has 0 atom stereocenters. The number of alkyl halides is 2. The van der Waals surface area contributed by atoms with Gasteiger partial charge in [0.15, 0.2) is 0 Å². The second-order valence-corrected chi connectivity index (χ2v) is 4.82. The van der Waals surface area contributed by atoms with E-state index in [2.05, 4.69) is 4.18 Å². The Kier molecular flexibility index (Phi) is 3.27. The molecule has 0 fully saturated rings. The molecule has 0 unspecified atom stereocenters.